The molecule has 68 valence electrons. The highest BCUT2D eigenvalue weighted by Crippen LogP contribution is 1.87. The molecule has 0 unspecified atom stereocenters. The Kier molecular flexibility index (Phi) is 1.84. The van der Waals surface area contributed by atoms with Crippen molar-refractivity contribution >= 4 is 11.4 Å². The average molecular weight is 182 g/mol. The van der Waals surface area contributed by atoms with Gasteiger partial charge in [-0.3, -0.25) is 0 Å². The first kappa shape index (κ1) is 7.96. The number of hydrogen-bond acceptors (Lipinski definition) is 0. The molecule has 0 aromatic carbocycles. The van der Waals surface area contributed by atoms with E-state index in [0.29, 0.717) is 6.67 Å². The molecule has 0 aliphatic heterocycles. The van der Waals surface area contributed by atoms with Crippen molar-refractivity contribution in [2.75, 3.05) is 0 Å². The van der Waals surface area contributed by atoms with Crippen molar-refractivity contribution < 1.29 is 20.8 Å². The summed E-state index contributed by atoms with van der Waals surface area (Å²) in [5.74, 6) is 0. The highest BCUT2D eigenvalue weighted by Gasteiger charge is 2.13. The summed E-state index contributed by atoms with van der Waals surface area (Å²) in [5, 5.41) is 6.11. The van der Waals surface area contributed by atoms with Crippen molar-refractivity contribution in [2.45, 2.75) is 6.67 Å². The van der Waals surface area contributed by atoms with Crippen LogP contribution in [0, 0.1) is 0 Å². The second-order valence-electron chi connectivity index (χ2n) is 3.04. The van der Waals surface area contributed by atoms with Crippen LogP contribution in [0.25, 0.3) is 0 Å². The molecule has 0 amide bonds. The van der Waals surface area contributed by atoms with Crippen molar-refractivity contribution in [2.24, 2.45) is 0 Å². The topological polar surface area (TPSA) is 94.6 Å². The van der Waals surface area contributed by atoms with Gasteiger partial charge in [-0.15, -0.1) is 0 Å². The lowest BCUT2D eigenvalue weighted by Crippen LogP contribution is -2.54. The van der Waals surface area contributed by atoms with Gasteiger partial charge in [0.15, 0.2) is 0 Å². The molecule has 2 heterocycles. The van der Waals surface area contributed by atoms with Crippen LogP contribution in [0.1, 0.15) is 0 Å². The number of nitrogens with one attached hydrogen (secondary N) is 2. The molecule has 0 aliphatic rings. The summed E-state index contributed by atoms with van der Waals surface area (Å²) >= 11 is 0. The molecule has 0 fully saturated rings. The number of H-pyrrole nitrogens is 2. The van der Waals surface area contributed by atoms with Crippen LogP contribution in [0.4, 0.5) is 11.4 Å². The van der Waals surface area contributed by atoms with E-state index < -0.39 is 0 Å². The normalized spacial score (nSPS) is 10.6. The number of nitrogens with zero attached hydrogens (tertiary/aromatic N) is 2. The molecular formula is C7H14N6+4. The third-order valence-electron chi connectivity index (χ3n) is 1.78. The van der Waals surface area contributed by atoms with Crippen molar-refractivity contribution in [3.8, 4) is 0 Å². The van der Waals surface area contributed by atoms with E-state index in [1.54, 1.807) is 0 Å². The number of hydrogen-bond donors (Lipinski definition) is 4. The molecular weight excluding hydrogens is 168 g/mol. The fraction of sp³-hybridized carbons (Fsp3) is 0.143. The summed E-state index contributed by atoms with van der Waals surface area (Å²) < 4.78 is 3.86. The first-order valence-corrected chi connectivity index (χ1v) is 4.04. The largest absolute Gasteiger partial charge is 0.387 e. The Morgan fingerprint density at radius 1 is 1.00 bits per heavy atom. The van der Waals surface area contributed by atoms with Gasteiger partial charge in [0.05, 0.1) is 0 Å². The quantitative estimate of drug-likeness (QED) is 0.360. The summed E-state index contributed by atoms with van der Waals surface area (Å²) in [6, 6.07) is 0. The molecule has 0 radical (unpaired) electrons. The highest BCUT2D eigenvalue weighted by atomic mass is 15.4. The van der Waals surface area contributed by atoms with Gasteiger partial charge in [0.25, 0.3) is 12.4 Å². The SMILES string of the molecule is [NH3+]c1c[nH][n+](C[n+]2cc([NH3+])c[nH]2)c1. The van der Waals surface area contributed by atoms with Gasteiger partial charge in [-0.2, -0.15) is 10.2 Å². The molecule has 8 N–H and O–H groups in total. The van der Waals surface area contributed by atoms with Gasteiger partial charge in [0.1, 0.15) is 12.4 Å². The maximum absolute atomic E-state index is 3.80. The molecule has 2 aromatic rings. The van der Waals surface area contributed by atoms with E-state index in [2.05, 4.69) is 21.7 Å². The van der Waals surface area contributed by atoms with Crippen molar-refractivity contribution in [1.29, 1.82) is 0 Å². The first-order chi connectivity index (χ1) is 6.24. The van der Waals surface area contributed by atoms with Gasteiger partial charge in [-0.1, -0.05) is 0 Å². The Hall–Kier alpha value is -1.66. The van der Waals surface area contributed by atoms with Crippen LogP contribution in [0.2, 0.25) is 0 Å². The molecule has 6 heteroatoms. The van der Waals surface area contributed by atoms with Crippen LogP contribution in [0.15, 0.2) is 24.8 Å². The molecule has 0 saturated carbocycles. The first-order valence-electron chi connectivity index (χ1n) is 4.04. The molecule has 0 bridgehead atoms. The lowest BCUT2D eigenvalue weighted by atomic mass is 10.6. The van der Waals surface area contributed by atoms with Gasteiger partial charge < -0.3 is 11.5 Å². The minimum Gasteiger partial charge on any atom is -0.319 e. The average Bonchev–Trinajstić information content (AvgIpc) is 2.62. The van der Waals surface area contributed by atoms with E-state index >= 15 is 0 Å². The second kappa shape index (κ2) is 3.00. The molecule has 0 aliphatic carbocycles. The maximum Gasteiger partial charge on any atom is 0.387 e. The van der Waals surface area contributed by atoms with Gasteiger partial charge >= 0.3 is 6.67 Å². The van der Waals surface area contributed by atoms with E-state index in [9.17, 15) is 0 Å². The van der Waals surface area contributed by atoms with E-state index in [1.165, 1.54) is 0 Å². The fourth-order valence-electron chi connectivity index (χ4n) is 1.21. The lowest BCUT2D eigenvalue weighted by Gasteiger charge is -1.81. The van der Waals surface area contributed by atoms with Gasteiger partial charge in [0.2, 0.25) is 11.4 Å². The molecule has 13 heavy (non-hydrogen) atoms. The number of aromatic nitrogens is 4. The predicted octanol–water partition coefficient (Wildman–Crippen LogP) is -2.83. The number of quaternary nitrogens is 2. The Labute approximate surface area is 74.7 Å². The highest BCUT2D eigenvalue weighted by molar-refractivity contribution is 5.14. The molecule has 6 nitrogen and oxygen atoms in total. The van der Waals surface area contributed by atoms with E-state index in [-0.39, 0.29) is 0 Å². The lowest BCUT2D eigenvalue weighted by molar-refractivity contribution is -0.959. The number of rotatable bonds is 2. The molecule has 0 saturated heterocycles. The zero-order valence-electron chi connectivity index (χ0n) is 7.33. The van der Waals surface area contributed by atoms with Crippen molar-refractivity contribution in [3.63, 3.8) is 0 Å². The van der Waals surface area contributed by atoms with Crippen LogP contribution in [0.5, 0.6) is 0 Å². The van der Waals surface area contributed by atoms with Crippen LogP contribution in [0.3, 0.4) is 0 Å². The van der Waals surface area contributed by atoms with E-state index in [4.69, 9.17) is 0 Å². The zero-order chi connectivity index (χ0) is 9.26. The summed E-state index contributed by atoms with van der Waals surface area (Å²) in [5.41, 5.74) is 9.56. The molecule has 0 atom stereocenters. The summed E-state index contributed by atoms with van der Waals surface area (Å²) in [4.78, 5) is 0. The Morgan fingerprint density at radius 2 is 1.46 bits per heavy atom. The van der Waals surface area contributed by atoms with Crippen LogP contribution in [-0.4, -0.2) is 10.2 Å². The van der Waals surface area contributed by atoms with E-state index in [0.717, 1.165) is 11.4 Å². The van der Waals surface area contributed by atoms with Crippen LogP contribution >= 0.6 is 0 Å². The molecule has 2 aromatic heterocycles. The smallest absolute Gasteiger partial charge is 0.319 e. The van der Waals surface area contributed by atoms with Gasteiger partial charge in [-0.25, -0.2) is 0 Å². The van der Waals surface area contributed by atoms with Gasteiger partial charge in [0, 0.05) is 0 Å². The summed E-state index contributed by atoms with van der Waals surface area (Å²) in [7, 11) is 0. The Morgan fingerprint density at radius 3 is 1.77 bits per heavy atom. The standard InChI is InChI=1S/C7H10N6/c8-6-1-10-12(3-6)5-13-4-7(9)2-11-13/h1-4H,5,8-9H2/p+4. The Bertz CT molecular complexity index is 362. The predicted molar refractivity (Wildman–Crippen MR) is 42.5 cm³/mol. The van der Waals surface area contributed by atoms with Crippen LogP contribution in [-0.2, 0) is 6.67 Å². The maximum atomic E-state index is 3.80. The number of aromatic amines is 2. The van der Waals surface area contributed by atoms with Crippen molar-refractivity contribution in [1.82, 2.24) is 10.2 Å². The Balaban J connectivity index is 2.14. The van der Waals surface area contributed by atoms with Gasteiger partial charge in [-0.05, 0) is 9.36 Å². The minimum atomic E-state index is 0.713. The summed E-state index contributed by atoms with van der Waals surface area (Å²) in [6.07, 6.45) is 7.59. The fourth-order valence-corrected chi connectivity index (χ4v) is 1.21. The molecule has 0 spiro atoms. The minimum absolute atomic E-state index is 0.713. The molecule has 2 rings (SSSR count). The van der Waals surface area contributed by atoms with E-state index in [1.807, 2.05) is 34.2 Å². The van der Waals surface area contributed by atoms with Crippen molar-refractivity contribution in [3.05, 3.63) is 24.8 Å². The second-order valence-corrected chi connectivity index (χ2v) is 3.04. The van der Waals surface area contributed by atoms with Crippen LogP contribution < -0.4 is 20.8 Å². The third kappa shape index (κ3) is 1.74. The zero-order valence-corrected chi connectivity index (χ0v) is 7.33. The summed E-state index contributed by atoms with van der Waals surface area (Å²) in [6.45, 7) is 0.713. The third-order valence-corrected chi connectivity index (χ3v) is 1.78. The monoisotopic (exact) mass is 182 g/mol.